The van der Waals surface area contributed by atoms with Gasteiger partial charge in [-0.15, -0.1) is 0 Å². The monoisotopic (exact) mass is 447 g/mol. The van der Waals surface area contributed by atoms with Crippen molar-refractivity contribution >= 4 is 17.9 Å². The van der Waals surface area contributed by atoms with Gasteiger partial charge in [-0.25, -0.2) is 4.79 Å². The smallest absolute Gasteiger partial charge is 0.407 e. The molecule has 0 saturated carbocycles. The van der Waals surface area contributed by atoms with Crippen LogP contribution in [0.5, 0.6) is 5.75 Å². The maximum Gasteiger partial charge on any atom is 0.407 e. The predicted octanol–water partition coefficient (Wildman–Crippen LogP) is 3.04. The molecule has 178 valence electrons. The van der Waals surface area contributed by atoms with E-state index in [0.29, 0.717) is 31.7 Å². The Hall–Kier alpha value is -2.77. The predicted molar refractivity (Wildman–Crippen MR) is 123 cm³/mol. The first-order chi connectivity index (χ1) is 15.2. The van der Waals surface area contributed by atoms with Gasteiger partial charge in [0, 0.05) is 32.1 Å². The second-order valence-corrected chi connectivity index (χ2v) is 9.08. The normalized spacial score (nSPS) is 14.6. The maximum atomic E-state index is 12.4. The van der Waals surface area contributed by atoms with E-state index in [4.69, 9.17) is 9.47 Å². The Labute approximate surface area is 191 Å². The van der Waals surface area contributed by atoms with Crippen LogP contribution in [-0.4, -0.2) is 60.7 Å². The van der Waals surface area contributed by atoms with Crippen LogP contribution in [0.25, 0.3) is 0 Å². The largest absolute Gasteiger partial charge is 0.484 e. The van der Waals surface area contributed by atoms with Gasteiger partial charge in [-0.2, -0.15) is 0 Å². The van der Waals surface area contributed by atoms with Crippen molar-refractivity contribution in [3.63, 3.8) is 0 Å². The second kappa shape index (κ2) is 12.3. The number of hydrogen-bond acceptors (Lipinski definition) is 5. The highest BCUT2D eigenvalue weighted by molar-refractivity contribution is 5.78. The van der Waals surface area contributed by atoms with Crippen LogP contribution in [0.1, 0.15) is 58.9 Å². The van der Waals surface area contributed by atoms with Gasteiger partial charge in [0.25, 0.3) is 5.91 Å². The van der Waals surface area contributed by atoms with E-state index in [-0.39, 0.29) is 37.4 Å². The Morgan fingerprint density at radius 1 is 1.09 bits per heavy atom. The summed E-state index contributed by atoms with van der Waals surface area (Å²) in [5.41, 5.74) is 0.693. The molecule has 0 bridgehead atoms. The third kappa shape index (κ3) is 9.58. The lowest BCUT2D eigenvalue weighted by Gasteiger charge is -2.32. The number of nitrogens with zero attached hydrogens (tertiary/aromatic N) is 1. The van der Waals surface area contributed by atoms with Gasteiger partial charge in [-0.05, 0) is 57.7 Å². The Bertz CT molecular complexity index is 750. The van der Waals surface area contributed by atoms with Crippen LogP contribution in [0, 0.1) is 0 Å². The van der Waals surface area contributed by atoms with Gasteiger partial charge in [0.2, 0.25) is 5.91 Å². The van der Waals surface area contributed by atoms with Gasteiger partial charge in [0.1, 0.15) is 11.4 Å². The lowest BCUT2D eigenvalue weighted by atomic mass is 10.0. The van der Waals surface area contributed by atoms with Crippen molar-refractivity contribution in [1.82, 2.24) is 15.5 Å². The molecule has 0 spiro atoms. The lowest BCUT2D eigenvalue weighted by Crippen LogP contribution is -2.48. The summed E-state index contributed by atoms with van der Waals surface area (Å²) >= 11 is 0. The molecule has 8 heteroatoms. The van der Waals surface area contributed by atoms with Crippen LogP contribution in [0.3, 0.4) is 0 Å². The highest BCUT2D eigenvalue weighted by Gasteiger charge is 2.24. The molecule has 1 aliphatic rings. The van der Waals surface area contributed by atoms with Gasteiger partial charge in [0.05, 0.1) is 0 Å². The molecule has 0 aromatic heterocycles. The standard InChI is InChI=1S/C24H37N3O5/c1-5-6-18-7-9-20(10-8-18)31-17-22(29)27-15-12-19(13-16-27)26-21(28)11-14-25-23(30)32-24(2,3)4/h7-10,19H,5-6,11-17H2,1-4H3,(H,25,30)(H,26,28). The average molecular weight is 448 g/mol. The molecule has 0 unspecified atom stereocenters. The molecule has 8 nitrogen and oxygen atoms in total. The number of hydrogen-bond donors (Lipinski definition) is 2. The molecule has 1 saturated heterocycles. The van der Waals surface area contributed by atoms with E-state index in [2.05, 4.69) is 17.6 Å². The third-order valence-corrected chi connectivity index (χ3v) is 5.06. The molecule has 2 rings (SSSR count). The fourth-order valence-electron chi connectivity index (χ4n) is 3.44. The molecule has 0 aliphatic carbocycles. The van der Waals surface area contributed by atoms with Gasteiger partial charge in [0.15, 0.2) is 6.61 Å². The van der Waals surface area contributed by atoms with Crippen molar-refractivity contribution in [2.45, 2.75) is 71.4 Å². The summed E-state index contributed by atoms with van der Waals surface area (Å²) in [6.07, 6.45) is 3.17. The summed E-state index contributed by atoms with van der Waals surface area (Å²) in [5, 5.41) is 5.55. The topological polar surface area (TPSA) is 97.0 Å². The molecule has 1 aliphatic heterocycles. The summed E-state index contributed by atoms with van der Waals surface area (Å²) < 4.78 is 10.8. The van der Waals surface area contributed by atoms with Crippen LogP contribution < -0.4 is 15.4 Å². The minimum Gasteiger partial charge on any atom is -0.484 e. The Morgan fingerprint density at radius 3 is 2.34 bits per heavy atom. The highest BCUT2D eigenvalue weighted by Crippen LogP contribution is 2.15. The number of benzene rings is 1. The quantitative estimate of drug-likeness (QED) is 0.607. The number of carbonyl (C=O) groups is 3. The molecule has 0 atom stereocenters. The zero-order valence-corrected chi connectivity index (χ0v) is 19.7. The van der Waals surface area contributed by atoms with Gasteiger partial charge in [-0.3, -0.25) is 9.59 Å². The second-order valence-electron chi connectivity index (χ2n) is 9.08. The highest BCUT2D eigenvalue weighted by atomic mass is 16.6. The van der Waals surface area contributed by atoms with E-state index >= 15 is 0 Å². The molecule has 1 aromatic carbocycles. The lowest BCUT2D eigenvalue weighted by molar-refractivity contribution is -0.134. The van der Waals surface area contributed by atoms with Crippen LogP contribution >= 0.6 is 0 Å². The van der Waals surface area contributed by atoms with Crippen LogP contribution in [0.2, 0.25) is 0 Å². The summed E-state index contributed by atoms with van der Waals surface area (Å²) in [6.45, 7) is 8.89. The summed E-state index contributed by atoms with van der Waals surface area (Å²) in [5.74, 6) is 0.523. The van der Waals surface area contributed by atoms with E-state index in [0.717, 1.165) is 12.8 Å². The average Bonchev–Trinajstić information content (AvgIpc) is 2.72. The van der Waals surface area contributed by atoms with Crippen molar-refractivity contribution < 1.29 is 23.9 Å². The van der Waals surface area contributed by atoms with Crippen molar-refractivity contribution in [3.05, 3.63) is 29.8 Å². The van der Waals surface area contributed by atoms with Crippen molar-refractivity contribution in [2.24, 2.45) is 0 Å². The molecule has 1 heterocycles. The number of amides is 3. The van der Waals surface area contributed by atoms with Crippen molar-refractivity contribution in [3.8, 4) is 5.75 Å². The number of ether oxygens (including phenoxy) is 2. The zero-order chi connectivity index (χ0) is 23.6. The Morgan fingerprint density at radius 2 is 1.75 bits per heavy atom. The first-order valence-corrected chi connectivity index (χ1v) is 11.4. The van der Waals surface area contributed by atoms with E-state index < -0.39 is 11.7 Å². The number of aryl methyl sites for hydroxylation is 1. The van der Waals surface area contributed by atoms with E-state index in [1.807, 2.05) is 24.3 Å². The number of carbonyl (C=O) groups excluding carboxylic acids is 3. The number of likely N-dealkylation sites (tertiary alicyclic amines) is 1. The van der Waals surface area contributed by atoms with E-state index in [1.54, 1.807) is 25.7 Å². The Kier molecular flexibility index (Phi) is 9.81. The minimum absolute atomic E-state index is 0.0144. The maximum absolute atomic E-state index is 12.4. The molecular formula is C24H37N3O5. The Balaban J connectivity index is 1.62. The van der Waals surface area contributed by atoms with Crippen LogP contribution in [0.15, 0.2) is 24.3 Å². The minimum atomic E-state index is -0.567. The molecular weight excluding hydrogens is 410 g/mol. The van der Waals surface area contributed by atoms with E-state index in [1.165, 1.54) is 5.56 Å². The van der Waals surface area contributed by atoms with Crippen molar-refractivity contribution in [1.29, 1.82) is 0 Å². The molecule has 1 fully saturated rings. The number of nitrogens with one attached hydrogen (secondary N) is 2. The van der Waals surface area contributed by atoms with Gasteiger partial charge < -0.3 is 25.0 Å². The van der Waals surface area contributed by atoms with Gasteiger partial charge >= 0.3 is 6.09 Å². The zero-order valence-electron chi connectivity index (χ0n) is 19.7. The SMILES string of the molecule is CCCc1ccc(OCC(=O)N2CCC(NC(=O)CCNC(=O)OC(C)(C)C)CC2)cc1. The number of alkyl carbamates (subject to hydrolysis) is 1. The fraction of sp³-hybridized carbons (Fsp3) is 0.625. The first kappa shape index (κ1) is 25.5. The number of piperidine rings is 1. The molecule has 0 radical (unpaired) electrons. The van der Waals surface area contributed by atoms with Crippen LogP contribution in [0.4, 0.5) is 4.79 Å². The van der Waals surface area contributed by atoms with Crippen LogP contribution in [-0.2, 0) is 20.7 Å². The molecule has 32 heavy (non-hydrogen) atoms. The summed E-state index contributed by atoms with van der Waals surface area (Å²) in [4.78, 5) is 37.9. The summed E-state index contributed by atoms with van der Waals surface area (Å²) in [6, 6.07) is 7.89. The third-order valence-electron chi connectivity index (χ3n) is 5.06. The molecule has 2 N–H and O–H groups in total. The summed E-state index contributed by atoms with van der Waals surface area (Å²) in [7, 11) is 0. The van der Waals surface area contributed by atoms with Gasteiger partial charge in [-0.1, -0.05) is 25.5 Å². The first-order valence-electron chi connectivity index (χ1n) is 11.4. The van der Waals surface area contributed by atoms with E-state index in [9.17, 15) is 14.4 Å². The molecule has 3 amide bonds. The molecule has 1 aromatic rings. The number of rotatable bonds is 9. The van der Waals surface area contributed by atoms with Crippen molar-refractivity contribution in [2.75, 3.05) is 26.2 Å². The fourth-order valence-corrected chi connectivity index (χ4v) is 3.44.